The number of allylic oxidation sites excluding steroid dienone is 1. The number of carbonyl (C=O) groups excluding carboxylic acids is 1. The molecule has 0 aliphatic carbocycles. The predicted molar refractivity (Wildman–Crippen MR) is 164 cm³/mol. The quantitative estimate of drug-likeness (QED) is 0.200. The third kappa shape index (κ3) is 6.11. The molecule has 5 rings (SSSR count). The van der Waals surface area contributed by atoms with Gasteiger partial charge in [-0.3, -0.25) is 9.36 Å². The standard InChI is InChI=1S/C30H22Br2ClFN2O4S/c1-3-39-29(38)25-16(2)35-30-36(26(25)21-6-4-5-7-23(21)33)28(37)24(41-30)13-18-12-19(31)14-22(32)27(18)40-15-17-8-10-20(34)11-9-17/h4-14,26H,3,15H2,1-2H3/b24-13-/t26-/m1/s1. The van der Waals surface area contributed by atoms with Crippen LogP contribution in [-0.4, -0.2) is 17.1 Å². The number of thiazole rings is 1. The van der Waals surface area contributed by atoms with Crippen molar-refractivity contribution in [2.75, 3.05) is 6.61 Å². The van der Waals surface area contributed by atoms with Gasteiger partial charge in [0.05, 0.1) is 26.9 Å². The summed E-state index contributed by atoms with van der Waals surface area (Å²) in [6.45, 7) is 3.81. The maximum atomic E-state index is 14.0. The highest BCUT2D eigenvalue weighted by Gasteiger charge is 2.34. The van der Waals surface area contributed by atoms with E-state index in [9.17, 15) is 14.0 Å². The summed E-state index contributed by atoms with van der Waals surface area (Å²) in [4.78, 5) is 32.1. The summed E-state index contributed by atoms with van der Waals surface area (Å²) in [5, 5.41) is 0.413. The third-order valence-electron chi connectivity index (χ3n) is 6.34. The summed E-state index contributed by atoms with van der Waals surface area (Å²) in [5.74, 6) is -0.374. The van der Waals surface area contributed by atoms with E-state index in [1.165, 1.54) is 28.0 Å². The number of halogens is 4. The molecule has 0 bridgehead atoms. The molecule has 0 fully saturated rings. The lowest BCUT2D eigenvalue weighted by Crippen LogP contribution is -2.40. The van der Waals surface area contributed by atoms with Crippen LogP contribution in [0.4, 0.5) is 4.39 Å². The molecule has 11 heteroatoms. The van der Waals surface area contributed by atoms with Crippen LogP contribution in [0.25, 0.3) is 6.08 Å². The van der Waals surface area contributed by atoms with E-state index in [4.69, 9.17) is 21.1 Å². The Balaban J connectivity index is 1.65. The number of aromatic nitrogens is 1. The molecule has 4 aromatic rings. The summed E-state index contributed by atoms with van der Waals surface area (Å²) in [6, 6.07) is 16.0. The Labute approximate surface area is 260 Å². The Kier molecular flexibility index (Phi) is 8.94. The highest BCUT2D eigenvalue weighted by atomic mass is 79.9. The minimum Gasteiger partial charge on any atom is -0.487 e. The average molecular weight is 721 g/mol. The van der Waals surface area contributed by atoms with Gasteiger partial charge in [0.25, 0.3) is 5.56 Å². The van der Waals surface area contributed by atoms with Crippen molar-refractivity contribution < 1.29 is 18.7 Å². The van der Waals surface area contributed by atoms with Gasteiger partial charge in [0.1, 0.15) is 24.2 Å². The molecule has 0 amide bonds. The molecule has 1 aliphatic heterocycles. The zero-order valence-corrected chi connectivity index (χ0v) is 26.5. The van der Waals surface area contributed by atoms with Gasteiger partial charge in [0.2, 0.25) is 0 Å². The molecule has 0 unspecified atom stereocenters. The molecular formula is C30H22Br2ClFN2O4S. The second-order valence-electron chi connectivity index (χ2n) is 9.04. The van der Waals surface area contributed by atoms with Crippen LogP contribution in [0, 0.1) is 5.82 Å². The van der Waals surface area contributed by atoms with Gasteiger partial charge in [-0.15, -0.1) is 0 Å². The molecule has 2 heterocycles. The Morgan fingerprint density at radius 2 is 1.90 bits per heavy atom. The van der Waals surface area contributed by atoms with Gasteiger partial charge in [-0.2, -0.15) is 0 Å². The molecule has 0 saturated heterocycles. The first kappa shape index (κ1) is 29.4. The topological polar surface area (TPSA) is 69.9 Å². The summed E-state index contributed by atoms with van der Waals surface area (Å²) in [7, 11) is 0. The average Bonchev–Trinajstić information content (AvgIpc) is 3.23. The molecule has 3 aromatic carbocycles. The molecule has 0 radical (unpaired) electrons. The largest absolute Gasteiger partial charge is 0.487 e. The fraction of sp³-hybridized carbons (Fsp3) is 0.167. The van der Waals surface area contributed by atoms with E-state index in [1.807, 2.05) is 12.1 Å². The van der Waals surface area contributed by atoms with Crippen molar-refractivity contribution in [3.63, 3.8) is 0 Å². The van der Waals surface area contributed by atoms with E-state index >= 15 is 0 Å². The summed E-state index contributed by atoms with van der Waals surface area (Å²) in [6.07, 6.45) is 1.73. The number of esters is 1. The fourth-order valence-corrected chi connectivity index (χ4v) is 7.15. The van der Waals surface area contributed by atoms with E-state index in [1.54, 1.807) is 56.3 Å². The number of fused-ring (bicyclic) bond motifs is 1. The second-order valence-corrected chi connectivity index (χ2v) is 12.2. The number of nitrogens with zero attached hydrogens (tertiary/aromatic N) is 2. The molecule has 1 aliphatic rings. The number of hydrogen-bond acceptors (Lipinski definition) is 6. The third-order valence-corrected chi connectivity index (χ3v) is 8.71. The lowest BCUT2D eigenvalue weighted by Gasteiger charge is -2.25. The molecule has 1 atom stereocenters. The number of ether oxygens (including phenoxy) is 2. The van der Waals surface area contributed by atoms with Crippen molar-refractivity contribution in [2.45, 2.75) is 26.5 Å². The van der Waals surface area contributed by atoms with E-state index < -0.39 is 12.0 Å². The Morgan fingerprint density at radius 3 is 2.61 bits per heavy atom. The minimum atomic E-state index is -0.815. The monoisotopic (exact) mass is 718 g/mol. The van der Waals surface area contributed by atoms with Crippen LogP contribution in [0.1, 0.15) is 36.6 Å². The second kappa shape index (κ2) is 12.4. The number of hydrogen-bond donors (Lipinski definition) is 0. The smallest absolute Gasteiger partial charge is 0.338 e. The van der Waals surface area contributed by atoms with E-state index in [0.29, 0.717) is 41.4 Å². The highest BCUT2D eigenvalue weighted by Crippen LogP contribution is 2.36. The van der Waals surface area contributed by atoms with E-state index in [-0.39, 0.29) is 30.2 Å². The summed E-state index contributed by atoms with van der Waals surface area (Å²) in [5.41, 5.74) is 2.38. The van der Waals surface area contributed by atoms with Crippen molar-refractivity contribution in [3.8, 4) is 5.75 Å². The van der Waals surface area contributed by atoms with E-state index in [0.717, 1.165) is 10.0 Å². The molecule has 0 N–H and O–H groups in total. The highest BCUT2D eigenvalue weighted by molar-refractivity contribution is 9.11. The molecule has 210 valence electrons. The molecule has 1 aromatic heterocycles. The zero-order valence-electron chi connectivity index (χ0n) is 21.8. The van der Waals surface area contributed by atoms with Crippen molar-refractivity contribution >= 4 is 66.8 Å². The van der Waals surface area contributed by atoms with Crippen LogP contribution >= 0.6 is 54.8 Å². The van der Waals surface area contributed by atoms with Gasteiger partial charge in [0.15, 0.2) is 4.80 Å². The Bertz CT molecular complexity index is 1870. The maximum Gasteiger partial charge on any atom is 0.338 e. The van der Waals surface area contributed by atoms with Crippen molar-refractivity contribution in [1.29, 1.82) is 0 Å². The van der Waals surface area contributed by atoms with Gasteiger partial charge >= 0.3 is 5.97 Å². The first-order chi connectivity index (χ1) is 19.7. The van der Waals surface area contributed by atoms with Gasteiger partial charge < -0.3 is 9.47 Å². The molecule has 0 saturated carbocycles. The van der Waals surface area contributed by atoms with Crippen LogP contribution in [0.2, 0.25) is 5.02 Å². The van der Waals surface area contributed by atoms with Crippen molar-refractivity contribution in [3.05, 3.63) is 128 Å². The Hall–Kier alpha value is -3.05. The van der Waals surface area contributed by atoms with Gasteiger partial charge in [-0.05, 0) is 77.3 Å². The van der Waals surface area contributed by atoms with Gasteiger partial charge in [-0.1, -0.05) is 69.2 Å². The molecule has 6 nitrogen and oxygen atoms in total. The first-order valence-electron chi connectivity index (χ1n) is 12.5. The number of benzene rings is 3. The molecule has 41 heavy (non-hydrogen) atoms. The maximum absolute atomic E-state index is 14.0. The lowest BCUT2D eigenvalue weighted by molar-refractivity contribution is -0.139. The first-order valence-corrected chi connectivity index (χ1v) is 15.3. The predicted octanol–water partition coefficient (Wildman–Crippen LogP) is 6.69. The summed E-state index contributed by atoms with van der Waals surface area (Å²) >= 11 is 14.9. The molecular weight excluding hydrogens is 699 g/mol. The van der Waals surface area contributed by atoms with Crippen LogP contribution in [0.3, 0.4) is 0 Å². The lowest BCUT2D eigenvalue weighted by atomic mass is 9.96. The minimum absolute atomic E-state index is 0.174. The van der Waals surface area contributed by atoms with Crippen LogP contribution in [-0.2, 0) is 16.1 Å². The fourth-order valence-electron chi connectivity index (χ4n) is 4.50. The van der Waals surface area contributed by atoms with Crippen LogP contribution < -0.4 is 19.6 Å². The van der Waals surface area contributed by atoms with Gasteiger partial charge in [0, 0.05) is 15.1 Å². The molecule has 0 spiro atoms. The normalized spacial score (nSPS) is 15.0. The number of carbonyl (C=O) groups is 1. The van der Waals surface area contributed by atoms with Crippen molar-refractivity contribution in [1.82, 2.24) is 4.57 Å². The number of rotatable bonds is 7. The zero-order chi connectivity index (χ0) is 29.3. The Morgan fingerprint density at radius 1 is 1.17 bits per heavy atom. The summed E-state index contributed by atoms with van der Waals surface area (Å²) < 4.78 is 28.1. The SMILES string of the molecule is CCOC(=O)C1=C(C)N=c2s/c(=C\c3cc(Br)cc(Br)c3OCc3ccc(F)cc3)c(=O)n2[C@@H]1c1ccccc1Cl. The van der Waals surface area contributed by atoms with Crippen LogP contribution in [0.15, 0.2) is 90.7 Å². The van der Waals surface area contributed by atoms with Crippen molar-refractivity contribution in [2.24, 2.45) is 4.99 Å². The van der Waals surface area contributed by atoms with Crippen LogP contribution in [0.5, 0.6) is 5.75 Å². The van der Waals surface area contributed by atoms with Gasteiger partial charge in [-0.25, -0.2) is 14.2 Å². The van der Waals surface area contributed by atoms with E-state index in [2.05, 4.69) is 36.9 Å².